The standard InChI is InChI=1S/C19H26N2O7/c1-13(23)19(12-22,28-3)20-16(24)18(9-4-10-21(18)17(25)26)11-14-5-7-15(27-2)8-6-14/h5-8,12-13,23H,4,9-11H2,1-3H3,(H,20,24)(H,25,26)/t13-,18?,19-/m0/s1. The van der Waals surface area contributed by atoms with Gasteiger partial charge >= 0.3 is 6.09 Å². The van der Waals surface area contributed by atoms with Gasteiger partial charge in [-0.25, -0.2) is 4.79 Å². The number of carboxylic acid groups (broad SMARTS) is 1. The Balaban J connectivity index is 2.42. The van der Waals surface area contributed by atoms with Crippen LogP contribution in [0.1, 0.15) is 25.3 Å². The Labute approximate surface area is 163 Å². The van der Waals surface area contributed by atoms with E-state index in [1.54, 1.807) is 24.3 Å². The number of carbonyl (C=O) groups excluding carboxylic acids is 2. The number of likely N-dealkylation sites (tertiary alicyclic amines) is 1. The van der Waals surface area contributed by atoms with E-state index in [1.165, 1.54) is 21.1 Å². The Hall–Kier alpha value is -2.65. The lowest BCUT2D eigenvalue weighted by Crippen LogP contribution is -2.66. The van der Waals surface area contributed by atoms with Crippen LogP contribution in [0.15, 0.2) is 24.3 Å². The Morgan fingerprint density at radius 1 is 1.36 bits per heavy atom. The fourth-order valence-electron chi connectivity index (χ4n) is 3.53. The quantitative estimate of drug-likeness (QED) is 0.440. The zero-order valence-electron chi connectivity index (χ0n) is 16.2. The molecule has 1 saturated heterocycles. The molecule has 2 amide bonds. The second kappa shape index (κ2) is 8.57. The first-order valence-corrected chi connectivity index (χ1v) is 8.90. The number of aliphatic hydroxyl groups excluding tert-OH is 1. The van der Waals surface area contributed by atoms with Crippen LogP contribution in [0.2, 0.25) is 0 Å². The zero-order valence-corrected chi connectivity index (χ0v) is 16.2. The number of aliphatic hydroxyl groups is 1. The summed E-state index contributed by atoms with van der Waals surface area (Å²) in [7, 11) is 2.72. The minimum atomic E-state index is -1.96. The number of carbonyl (C=O) groups is 3. The molecule has 2 rings (SSSR count). The van der Waals surface area contributed by atoms with Crippen molar-refractivity contribution in [3.63, 3.8) is 0 Å². The number of hydrogen-bond acceptors (Lipinski definition) is 6. The number of benzene rings is 1. The molecule has 1 unspecified atom stereocenters. The van der Waals surface area contributed by atoms with Crippen LogP contribution in [-0.4, -0.2) is 71.5 Å². The van der Waals surface area contributed by atoms with Crippen LogP contribution in [0.25, 0.3) is 0 Å². The maximum absolute atomic E-state index is 13.3. The highest BCUT2D eigenvalue weighted by molar-refractivity contribution is 5.93. The van der Waals surface area contributed by atoms with Gasteiger partial charge in [0.05, 0.1) is 7.11 Å². The molecule has 1 heterocycles. The third-order valence-electron chi connectivity index (χ3n) is 5.24. The summed E-state index contributed by atoms with van der Waals surface area (Å²) in [6.45, 7) is 1.49. The monoisotopic (exact) mass is 394 g/mol. The van der Waals surface area contributed by atoms with Crippen molar-refractivity contribution in [2.75, 3.05) is 20.8 Å². The average molecular weight is 394 g/mol. The van der Waals surface area contributed by atoms with Crippen molar-refractivity contribution in [1.29, 1.82) is 0 Å². The molecule has 9 heteroatoms. The smallest absolute Gasteiger partial charge is 0.408 e. The van der Waals surface area contributed by atoms with E-state index in [-0.39, 0.29) is 19.4 Å². The molecule has 0 bridgehead atoms. The fourth-order valence-corrected chi connectivity index (χ4v) is 3.53. The topological polar surface area (TPSA) is 125 Å². The number of nitrogens with zero attached hydrogens (tertiary/aromatic N) is 1. The Kier molecular flexibility index (Phi) is 6.63. The van der Waals surface area contributed by atoms with Crippen LogP contribution in [0, 0.1) is 0 Å². The van der Waals surface area contributed by atoms with Gasteiger partial charge in [-0.1, -0.05) is 12.1 Å². The van der Waals surface area contributed by atoms with Crippen molar-refractivity contribution in [1.82, 2.24) is 10.2 Å². The molecule has 0 spiro atoms. The van der Waals surface area contributed by atoms with Crippen molar-refractivity contribution >= 4 is 18.3 Å². The largest absolute Gasteiger partial charge is 0.497 e. The summed E-state index contributed by atoms with van der Waals surface area (Å²) in [4.78, 5) is 37.7. The predicted octanol–water partition coefficient (Wildman–Crippen LogP) is 0.789. The van der Waals surface area contributed by atoms with E-state index in [2.05, 4.69) is 5.32 Å². The minimum absolute atomic E-state index is 0.105. The molecule has 154 valence electrons. The maximum Gasteiger partial charge on any atom is 0.408 e. The number of aldehydes is 1. The summed E-state index contributed by atoms with van der Waals surface area (Å²) in [5, 5.41) is 22.0. The lowest BCUT2D eigenvalue weighted by Gasteiger charge is -2.39. The second-order valence-electron chi connectivity index (χ2n) is 6.84. The van der Waals surface area contributed by atoms with Crippen molar-refractivity contribution in [3.05, 3.63) is 29.8 Å². The zero-order chi connectivity index (χ0) is 20.9. The summed E-state index contributed by atoms with van der Waals surface area (Å²) < 4.78 is 10.2. The van der Waals surface area contributed by atoms with Crippen LogP contribution in [-0.2, 0) is 20.7 Å². The molecule has 28 heavy (non-hydrogen) atoms. The fraction of sp³-hybridized carbons (Fsp3) is 0.526. The van der Waals surface area contributed by atoms with E-state index in [0.29, 0.717) is 18.5 Å². The van der Waals surface area contributed by atoms with E-state index in [4.69, 9.17) is 9.47 Å². The molecule has 1 aliphatic rings. The molecule has 1 aromatic carbocycles. The van der Waals surface area contributed by atoms with E-state index in [9.17, 15) is 24.6 Å². The first-order chi connectivity index (χ1) is 13.2. The average Bonchev–Trinajstić information content (AvgIpc) is 3.11. The van der Waals surface area contributed by atoms with Crippen molar-refractivity contribution in [3.8, 4) is 5.75 Å². The van der Waals surface area contributed by atoms with Crippen LogP contribution in [0.5, 0.6) is 5.75 Å². The first-order valence-electron chi connectivity index (χ1n) is 8.90. The molecule has 0 saturated carbocycles. The lowest BCUT2D eigenvalue weighted by atomic mass is 9.86. The molecule has 1 aliphatic heterocycles. The van der Waals surface area contributed by atoms with Gasteiger partial charge in [-0.2, -0.15) is 0 Å². The van der Waals surface area contributed by atoms with Gasteiger partial charge in [0.2, 0.25) is 11.6 Å². The Morgan fingerprint density at radius 2 is 2.00 bits per heavy atom. The van der Waals surface area contributed by atoms with E-state index in [0.717, 1.165) is 10.5 Å². The molecule has 9 nitrogen and oxygen atoms in total. The number of hydrogen-bond donors (Lipinski definition) is 3. The lowest BCUT2D eigenvalue weighted by molar-refractivity contribution is -0.161. The number of amides is 2. The Bertz CT molecular complexity index is 721. The highest BCUT2D eigenvalue weighted by Crippen LogP contribution is 2.34. The van der Waals surface area contributed by atoms with Gasteiger partial charge in [0.15, 0.2) is 6.29 Å². The van der Waals surface area contributed by atoms with Gasteiger partial charge in [-0.3, -0.25) is 14.5 Å². The third-order valence-corrected chi connectivity index (χ3v) is 5.24. The van der Waals surface area contributed by atoms with Gasteiger partial charge in [0.25, 0.3) is 0 Å². The summed E-state index contributed by atoms with van der Waals surface area (Å²) in [5.74, 6) is -0.0599. The molecule has 1 fully saturated rings. The molecule has 1 aromatic rings. The third kappa shape index (κ3) is 3.95. The van der Waals surface area contributed by atoms with Crippen LogP contribution < -0.4 is 10.1 Å². The minimum Gasteiger partial charge on any atom is -0.497 e. The first kappa shape index (κ1) is 21.6. The molecule has 0 radical (unpaired) electrons. The number of methoxy groups -OCH3 is 2. The molecule has 0 aliphatic carbocycles. The van der Waals surface area contributed by atoms with Crippen molar-refractivity contribution in [2.45, 2.75) is 43.6 Å². The molecule has 0 aromatic heterocycles. The van der Waals surface area contributed by atoms with Crippen molar-refractivity contribution in [2.24, 2.45) is 0 Å². The number of ether oxygens (including phenoxy) is 2. The predicted molar refractivity (Wildman–Crippen MR) is 99.0 cm³/mol. The van der Waals surface area contributed by atoms with Gasteiger partial charge in [-0.15, -0.1) is 0 Å². The van der Waals surface area contributed by atoms with Crippen LogP contribution in [0.3, 0.4) is 0 Å². The van der Waals surface area contributed by atoms with E-state index >= 15 is 0 Å². The number of rotatable bonds is 8. The second-order valence-corrected chi connectivity index (χ2v) is 6.84. The normalized spacial score (nSPS) is 22.2. The van der Waals surface area contributed by atoms with Gasteiger partial charge in [0, 0.05) is 20.1 Å². The van der Waals surface area contributed by atoms with Gasteiger partial charge in [0.1, 0.15) is 17.4 Å². The highest BCUT2D eigenvalue weighted by atomic mass is 16.5. The van der Waals surface area contributed by atoms with Gasteiger partial charge < -0.3 is 25.0 Å². The Morgan fingerprint density at radius 3 is 2.46 bits per heavy atom. The maximum atomic E-state index is 13.3. The summed E-state index contributed by atoms with van der Waals surface area (Å²) in [6.07, 6.45) is -1.39. The molecule has 3 N–H and O–H groups in total. The summed E-state index contributed by atoms with van der Waals surface area (Å²) >= 11 is 0. The molecular formula is C19H26N2O7. The van der Waals surface area contributed by atoms with Crippen molar-refractivity contribution < 1.29 is 34.1 Å². The van der Waals surface area contributed by atoms with Crippen LogP contribution >= 0.6 is 0 Å². The van der Waals surface area contributed by atoms with Crippen LogP contribution in [0.4, 0.5) is 4.79 Å². The van der Waals surface area contributed by atoms with E-state index < -0.39 is 29.4 Å². The summed E-state index contributed by atoms with van der Waals surface area (Å²) in [6, 6.07) is 6.96. The molecule has 3 atom stereocenters. The highest BCUT2D eigenvalue weighted by Gasteiger charge is 2.52. The number of nitrogens with one attached hydrogen (secondary N) is 1. The SMILES string of the molecule is COc1ccc(CC2(C(=O)N[C@@](C=O)(OC)[C@H](C)O)CCCN2C(=O)O)cc1. The van der Waals surface area contributed by atoms with Gasteiger partial charge in [-0.05, 0) is 37.5 Å². The van der Waals surface area contributed by atoms with E-state index in [1.807, 2.05) is 0 Å². The summed E-state index contributed by atoms with van der Waals surface area (Å²) in [5.41, 5.74) is -2.66. The molecular weight excluding hydrogens is 368 g/mol.